The van der Waals surface area contributed by atoms with Gasteiger partial charge in [0.1, 0.15) is 5.75 Å². The fraction of sp³-hybridized carbons (Fsp3) is 0.0182. The minimum atomic E-state index is 0.837. The van der Waals surface area contributed by atoms with Crippen molar-refractivity contribution in [1.82, 2.24) is 9.97 Å². The molecule has 1 aliphatic carbocycles. The van der Waals surface area contributed by atoms with Crippen molar-refractivity contribution in [3.8, 4) is 95.0 Å². The Morgan fingerprint density at radius 2 is 0.759 bits per heavy atom. The molecule has 11 rings (SSSR count). The molecule has 0 saturated carbocycles. The van der Waals surface area contributed by atoms with Gasteiger partial charge in [0.2, 0.25) is 0 Å². The van der Waals surface area contributed by atoms with Crippen LogP contribution in [0.25, 0.3) is 111 Å². The van der Waals surface area contributed by atoms with Gasteiger partial charge in [-0.3, -0.25) is 9.97 Å². The molecule has 0 N–H and O–H groups in total. The highest BCUT2D eigenvalue weighted by Crippen LogP contribution is 2.58. The quantitative estimate of drug-likeness (QED) is 0.163. The summed E-state index contributed by atoms with van der Waals surface area (Å²) in [5, 5.41) is 5.12. The van der Waals surface area contributed by atoms with Crippen LogP contribution >= 0.6 is 0 Å². The third-order valence-corrected chi connectivity index (χ3v) is 11.7. The van der Waals surface area contributed by atoms with Crippen molar-refractivity contribution in [2.45, 2.75) is 0 Å². The van der Waals surface area contributed by atoms with Gasteiger partial charge in [0.15, 0.2) is 0 Å². The normalized spacial score (nSPS) is 11.5. The summed E-state index contributed by atoms with van der Waals surface area (Å²) in [5.41, 5.74) is 18.7. The van der Waals surface area contributed by atoms with Crippen molar-refractivity contribution in [2.75, 3.05) is 7.11 Å². The highest BCUT2D eigenvalue weighted by molar-refractivity contribution is 6.28. The van der Waals surface area contributed by atoms with Crippen LogP contribution in [-0.4, -0.2) is 17.1 Å². The van der Waals surface area contributed by atoms with Gasteiger partial charge >= 0.3 is 0 Å². The van der Waals surface area contributed by atoms with Crippen LogP contribution in [0, 0.1) is 0 Å². The van der Waals surface area contributed by atoms with Gasteiger partial charge in [-0.1, -0.05) is 164 Å². The molecule has 58 heavy (non-hydrogen) atoms. The third-order valence-electron chi connectivity index (χ3n) is 11.7. The van der Waals surface area contributed by atoms with E-state index >= 15 is 0 Å². The SMILES string of the molecule is COc1ccc(-c2ccc(-c3ccc(-c4ccc(-c5ccc6c7c(cccc57)-c5c-6c(-c6ccccc6)c6ccccc6c5-c5ccccc5)cc4)cn3)nc2)cc1. The van der Waals surface area contributed by atoms with Crippen molar-refractivity contribution in [2.24, 2.45) is 0 Å². The Bertz CT molecular complexity index is 3040. The lowest BCUT2D eigenvalue weighted by atomic mass is 9.82. The van der Waals surface area contributed by atoms with Crippen molar-refractivity contribution >= 4 is 21.5 Å². The first-order chi connectivity index (χ1) is 28.7. The Kier molecular flexibility index (Phi) is 8.04. The summed E-state index contributed by atoms with van der Waals surface area (Å²) < 4.78 is 5.30. The average Bonchev–Trinajstić information content (AvgIpc) is 3.63. The molecule has 0 fully saturated rings. The number of nitrogens with zero attached hydrogens (tertiary/aromatic N) is 2. The van der Waals surface area contributed by atoms with Crippen LogP contribution in [0.2, 0.25) is 0 Å². The summed E-state index contributed by atoms with van der Waals surface area (Å²) in [5.74, 6) is 0.837. The van der Waals surface area contributed by atoms with E-state index in [9.17, 15) is 0 Å². The summed E-state index contributed by atoms with van der Waals surface area (Å²) >= 11 is 0. The van der Waals surface area contributed by atoms with Gasteiger partial charge in [0.05, 0.1) is 18.5 Å². The number of pyridine rings is 2. The molecular formula is C55H36N2O. The lowest BCUT2D eigenvalue weighted by Crippen LogP contribution is -1.93. The Morgan fingerprint density at radius 1 is 0.310 bits per heavy atom. The molecule has 0 bridgehead atoms. The van der Waals surface area contributed by atoms with E-state index in [-0.39, 0.29) is 0 Å². The molecule has 0 saturated heterocycles. The first-order valence-electron chi connectivity index (χ1n) is 19.7. The van der Waals surface area contributed by atoms with E-state index in [0.29, 0.717) is 0 Å². The molecule has 10 aromatic rings. The van der Waals surface area contributed by atoms with Gasteiger partial charge < -0.3 is 4.74 Å². The van der Waals surface area contributed by atoms with E-state index in [2.05, 4.69) is 158 Å². The van der Waals surface area contributed by atoms with E-state index in [1.165, 1.54) is 77.2 Å². The number of hydrogen-bond acceptors (Lipinski definition) is 3. The number of aromatic nitrogens is 2. The van der Waals surface area contributed by atoms with Gasteiger partial charge in [-0.05, 0) is 113 Å². The van der Waals surface area contributed by atoms with Gasteiger partial charge in [0, 0.05) is 23.5 Å². The maximum atomic E-state index is 5.30. The number of hydrogen-bond donors (Lipinski definition) is 0. The van der Waals surface area contributed by atoms with Crippen molar-refractivity contribution in [3.05, 3.63) is 200 Å². The summed E-state index contributed by atoms with van der Waals surface area (Å²) in [6.07, 6.45) is 3.84. The minimum Gasteiger partial charge on any atom is -0.497 e. The first kappa shape index (κ1) is 33.7. The van der Waals surface area contributed by atoms with Crippen molar-refractivity contribution in [3.63, 3.8) is 0 Å². The monoisotopic (exact) mass is 740 g/mol. The Morgan fingerprint density at radius 3 is 1.28 bits per heavy atom. The zero-order chi connectivity index (χ0) is 38.6. The third kappa shape index (κ3) is 5.51. The second kappa shape index (κ2) is 13.8. The highest BCUT2D eigenvalue weighted by atomic mass is 16.5. The van der Waals surface area contributed by atoms with Crippen LogP contribution in [0.3, 0.4) is 0 Å². The van der Waals surface area contributed by atoms with E-state index in [4.69, 9.17) is 14.7 Å². The standard InChI is InChI=1S/C55H36N2O/c1-58-42-27-23-36(24-28-42)41-26-32-50(57-34-41)49-31-25-40(33-56-49)35-19-21-37(22-20-35)43-29-30-48-53-44(43)17-10-18-47(53)54-51(38-11-4-2-5-12-38)45-15-8-9-16-46(45)52(55(48)54)39-13-6-3-7-14-39/h2-34H,1H3. The Balaban J connectivity index is 0.968. The molecule has 8 aromatic carbocycles. The predicted octanol–water partition coefficient (Wildman–Crippen LogP) is 14.4. The summed E-state index contributed by atoms with van der Waals surface area (Å²) in [6.45, 7) is 0. The van der Waals surface area contributed by atoms with E-state index in [1.807, 2.05) is 42.7 Å². The van der Waals surface area contributed by atoms with Crippen LogP contribution in [0.1, 0.15) is 0 Å². The molecule has 0 aliphatic heterocycles. The highest BCUT2D eigenvalue weighted by Gasteiger charge is 2.31. The molecule has 272 valence electrons. The summed E-state index contributed by atoms with van der Waals surface area (Å²) in [4.78, 5) is 9.55. The van der Waals surface area contributed by atoms with Crippen LogP contribution in [-0.2, 0) is 0 Å². The number of benzene rings is 8. The van der Waals surface area contributed by atoms with Gasteiger partial charge in [-0.25, -0.2) is 0 Å². The number of rotatable bonds is 7. The van der Waals surface area contributed by atoms with Crippen LogP contribution in [0.15, 0.2) is 200 Å². The summed E-state index contributed by atoms with van der Waals surface area (Å²) in [6, 6.07) is 67.5. The van der Waals surface area contributed by atoms with Crippen LogP contribution in [0.4, 0.5) is 0 Å². The Hall–Kier alpha value is -7.62. The topological polar surface area (TPSA) is 35.0 Å². The fourth-order valence-corrected chi connectivity index (χ4v) is 8.92. The average molecular weight is 741 g/mol. The zero-order valence-electron chi connectivity index (χ0n) is 31.9. The van der Waals surface area contributed by atoms with Gasteiger partial charge in [-0.2, -0.15) is 0 Å². The second-order valence-electron chi connectivity index (χ2n) is 14.8. The van der Waals surface area contributed by atoms with Crippen molar-refractivity contribution in [1.29, 1.82) is 0 Å². The van der Waals surface area contributed by atoms with E-state index < -0.39 is 0 Å². The van der Waals surface area contributed by atoms with E-state index in [0.717, 1.165) is 39.4 Å². The Labute approximate surface area is 337 Å². The van der Waals surface area contributed by atoms with E-state index in [1.54, 1.807) is 7.11 Å². The molecule has 0 spiro atoms. The summed E-state index contributed by atoms with van der Waals surface area (Å²) in [7, 11) is 1.68. The molecule has 0 radical (unpaired) electrons. The molecule has 3 heteroatoms. The second-order valence-corrected chi connectivity index (χ2v) is 14.8. The fourth-order valence-electron chi connectivity index (χ4n) is 8.92. The minimum absolute atomic E-state index is 0.837. The van der Waals surface area contributed by atoms with Crippen molar-refractivity contribution < 1.29 is 4.74 Å². The lowest BCUT2D eigenvalue weighted by molar-refractivity contribution is 0.415. The molecule has 0 amide bonds. The lowest BCUT2D eigenvalue weighted by Gasteiger charge is -2.20. The maximum absolute atomic E-state index is 5.30. The first-order valence-corrected chi connectivity index (χ1v) is 19.7. The molecule has 0 unspecified atom stereocenters. The predicted molar refractivity (Wildman–Crippen MR) is 241 cm³/mol. The molecule has 0 atom stereocenters. The largest absolute Gasteiger partial charge is 0.497 e. The molecule has 2 heterocycles. The molecular weight excluding hydrogens is 705 g/mol. The molecule has 1 aliphatic rings. The van der Waals surface area contributed by atoms with Gasteiger partial charge in [-0.15, -0.1) is 0 Å². The molecule has 3 nitrogen and oxygen atoms in total. The number of fused-ring (bicyclic) bond motifs is 4. The smallest absolute Gasteiger partial charge is 0.118 e. The number of methoxy groups -OCH3 is 1. The van der Waals surface area contributed by atoms with Crippen LogP contribution in [0.5, 0.6) is 5.75 Å². The zero-order valence-corrected chi connectivity index (χ0v) is 31.9. The number of ether oxygens (including phenoxy) is 1. The van der Waals surface area contributed by atoms with Gasteiger partial charge in [0.25, 0.3) is 0 Å². The van der Waals surface area contributed by atoms with Crippen LogP contribution < -0.4 is 4.74 Å². The maximum Gasteiger partial charge on any atom is 0.118 e. The molecule has 2 aromatic heterocycles.